The molecule has 0 spiro atoms. The van der Waals surface area contributed by atoms with Crippen molar-refractivity contribution in [3.8, 4) is 22.9 Å². The normalized spacial score (nSPS) is 10.9. The van der Waals surface area contributed by atoms with Crippen molar-refractivity contribution in [1.82, 2.24) is 9.97 Å². The minimum Gasteiger partial charge on any atom is -0.506 e. The Kier molecular flexibility index (Phi) is 3.76. The van der Waals surface area contributed by atoms with E-state index in [9.17, 15) is 14.7 Å². The van der Waals surface area contributed by atoms with Crippen LogP contribution in [0, 0.1) is 0 Å². The van der Waals surface area contributed by atoms with Crippen molar-refractivity contribution in [2.75, 3.05) is 7.11 Å². The molecule has 1 aromatic carbocycles. The molecule has 2 aromatic heterocycles. The number of methoxy groups -OCH3 is 1. The van der Waals surface area contributed by atoms with Crippen molar-refractivity contribution in [3.63, 3.8) is 0 Å². The molecular formula is C17H16N2O5. The fourth-order valence-corrected chi connectivity index (χ4v) is 2.77. The van der Waals surface area contributed by atoms with Crippen LogP contribution in [-0.2, 0) is 6.42 Å². The Labute approximate surface area is 136 Å². The number of rotatable bonds is 4. The summed E-state index contributed by atoms with van der Waals surface area (Å²) in [6, 6.07) is 7.31. The highest BCUT2D eigenvalue weighted by Gasteiger charge is 2.22. The van der Waals surface area contributed by atoms with Crippen LogP contribution in [0.1, 0.15) is 22.8 Å². The van der Waals surface area contributed by atoms with Gasteiger partial charge >= 0.3 is 5.97 Å². The first-order chi connectivity index (χ1) is 11.5. The third kappa shape index (κ3) is 2.40. The van der Waals surface area contributed by atoms with Gasteiger partial charge in [-0.1, -0.05) is 6.92 Å². The van der Waals surface area contributed by atoms with Crippen LogP contribution in [0.25, 0.3) is 22.3 Å². The molecule has 0 bridgehead atoms. The van der Waals surface area contributed by atoms with Crippen molar-refractivity contribution in [2.45, 2.75) is 13.3 Å². The second-order valence-corrected chi connectivity index (χ2v) is 5.33. The van der Waals surface area contributed by atoms with Gasteiger partial charge in [-0.15, -0.1) is 0 Å². The highest BCUT2D eigenvalue weighted by molar-refractivity contribution is 5.92. The third-order valence-electron chi connectivity index (χ3n) is 3.96. The Morgan fingerprint density at radius 2 is 2.00 bits per heavy atom. The van der Waals surface area contributed by atoms with Gasteiger partial charge in [0.15, 0.2) is 5.56 Å². The van der Waals surface area contributed by atoms with Crippen LogP contribution in [0.2, 0.25) is 0 Å². The zero-order valence-corrected chi connectivity index (χ0v) is 13.1. The Balaban J connectivity index is 2.26. The predicted molar refractivity (Wildman–Crippen MR) is 88.9 cm³/mol. The molecule has 124 valence electrons. The molecule has 0 aliphatic carbocycles. The van der Waals surface area contributed by atoms with Crippen LogP contribution in [0.5, 0.6) is 11.5 Å². The highest BCUT2D eigenvalue weighted by atomic mass is 16.5. The van der Waals surface area contributed by atoms with Gasteiger partial charge in [0.1, 0.15) is 11.5 Å². The second kappa shape index (κ2) is 5.77. The van der Waals surface area contributed by atoms with Crippen LogP contribution in [0.4, 0.5) is 0 Å². The second-order valence-electron chi connectivity index (χ2n) is 5.33. The number of hydrogen-bond acceptors (Lipinski definition) is 4. The lowest BCUT2D eigenvalue weighted by Crippen LogP contribution is -2.20. The zero-order chi connectivity index (χ0) is 17.4. The van der Waals surface area contributed by atoms with Crippen LogP contribution < -0.4 is 10.3 Å². The van der Waals surface area contributed by atoms with Crippen molar-refractivity contribution < 1.29 is 19.7 Å². The molecule has 7 nitrogen and oxygen atoms in total. The van der Waals surface area contributed by atoms with Crippen LogP contribution in [0.3, 0.4) is 0 Å². The minimum absolute atomic E-state index is 0.358. The summed E-state index contributed by atoms with van der Waals surface area (Å²) < 4.78 is 5.18. The largest absolute Gasteiger partial charge is 0.506 e. The molecule has 0 unspecified atom stereocenters. The zero-order valence-electron chi connectivity index (χ0n) is 13.1. The number of ether oxygens (including phenoxy) is 1. The summed E-state index contributed by atoms with van der Waals surface area (Å²) in [7, 11) is 1.57. The molecule has 0 aliphatic rings. The van der Waals surface area contributed by atoms with Gasteiger partial charge in [0.05, 0.1) is 18.5 Å². The van der Waals surface area contributed by atoms with Crippen molar-refractivity contribution in [3.05, 3.63) is 45.7 Å². The topological polar surface area (TPSA) is 115 Å². The molecule has 3 rings (SSSR count). The van der Waals surface area contributed by atoms with Crippen molar-refractivity contribution in [2.24, 2.45) is 0 Å². The first-order valence-corrected chi connectivity index (χ1v) is 7.34. The summed E-state index contributed by atoms with van der Waals surface area (Å²) in [4.78, 5) is 28.9. The number of carboxylic acids is 1. The quantitative estimate of drug-likeness (QED) is 0.587. The lowest BCUT2D eigenvalue weighted by molar-refractivity contribution is 0.0691. The average molecular weight is 328 g/mol. The molecule has 0 atom stereocenters. The van der Waals surface area contributed by atoms with E-state index >= 15 is 0 Å². The predicted octanol–water partition coefficient (Wildman–Crippen LogP) is 2.50. The van der Waals surface area contributed by atoms with E-state index in [-0.39, 0.29) is 0 Å². The summed E-state index contributed by atoms with van der Waals surface area (Å²) in [5.41, 5.74) is 0.635. The van der Waals surface area contributed by atoms with Gasteiger partial charge < -0.3 is 24.9 Å². The number of aromatic nitrogens is 2. The summed E-state index contributed by atoms with van der Waals surface area (Å²) in [6.07, 6.45) is 0.358. The standard InChI is InChI=1S/C17H16N2O5/c1-3-10-14(19-16(21)13(15(10)20)17(22)23)12-6-8-4-5-9(24-2)7-11(8)18-12/h4-7,18H,3H2,1-2H3,(H,22,23)(H2,19,20,21). The molecule has 4 N–H and O–H groups in total. The van der Waals surface area contributed by atoms with E-state index in [2.05, 4.69) is 9.97 Å². The van der Waals surface area contributed by atoms with Gasteiger partial charge in [-0.05, 0) is 24.6 Å². The number of carbonyl (C=O) groups is 1. The van der Waals surface area contributed by atoms with Crippen LogP contribution in [-0.4, -0.2) is 33.3 Å². The summed E-state index contributed by atoms with van der Waals surface area (Å²) >= 11 is 0. The number of carboxylic acid groups (broad SMARTS) is 1. The van der Waals surface area contributed by atoms with Gasteiger partial charge in [-0.2, -0.15) is 0 Å². The van der Waals surface area contributed by atoms with Gasteiger partial charge in [-0.3, -0.25) is 4.79 Å². The number of pyridine rings is 1. The number of hydrogen-bond donors (Lipinski definition) is 4. The molecular weight excluding hydrogens is 312 g/mol. The number of aromatic carboxylic acids is 1. The number of H-pyrrole nitrogens is 2. The van der Waals surface area contributed by atoms with Crippen molar-refractivity contribution >= 4 is 16.9 Å². The van der Waals surface area contributed by atoms with Gasteiger partial charge in [-0.25, -0.2) is 4.79 Å². The number of fused-ring (bicyclic) bond motifs is 1. The van der Waals surface area contributed by atoms with Gasteiger partial charge in [0.2, 0.25) is 0 Å². The van der Waals surface area contributed by atoms with E-state index in [0.29, 0.717) is 29.1 Å². The fraction of sp³-hybridized carbons (Fsp3) is 0.176. The lowest BCUT2D eigenvalue weighted by atomic mass is 10.0. The maximum Gasteiger partial charge on any atom is 0.345 e. The number of aromatic hydroxyl groups is 1. The van der Waals surface area contributed by atoms with Gasteiger partial charge in [0.25, 0.3) is 5.56 Å². The molecule has 0 amide bonds. The van der Waals surface area contributed by atoms with Crippen LogP contribution >= 0.6 is 0 Å². The molecule has 0 saturated carbocycles. The Hall–Kier alpha value is -3.22. The van der Waals surface area contributed by atoms with E-state index in [1.54, 1.807) is 14.0 Å². The number of benzene rings is 1. The fourth-order valence-electron chi connectivity index (χ4n) is 2.77. The Morgan fingerprint density at radius 3 is 2.62 bits per heavy atom. The van der Waals surface area contributed by atoms with E-state index < -0.39 is 22.8 Å². The minimum atomic E-state index is -1.46. The number of nitrogens with one attached hydrogen (secondary N) is 2. The summed E-state index contributed by atoms with van der Waals surface area (Å²) in [5, 5.41) is 20.2. The Morgan fingerprint density at radius 1 is 1.25 bits per heavy atom. The van der Waals surface area contributed by atoms with E-state index in [1.165, 1.54) is 0 Å². The summed E-state index contributed by atoms with van der Waals surface area (Å²) in [6.45, 7) is 1.77. The lowest BCUT2D eigenvalue weighted by Gasteiger charge is -2.10. The monoisotopic (exact) mass is 328 g/mol. The van der Waals surface area contributed by atoms with Crippen LogP contribution in [0.15, 0.2) is 29.1 Å². The molecule has 0 saturated heterocycles. The SMILES string of the molecule is CCc1c(-c2cc3ccc(OC)cc3[nH]2)[nH]c(=O)c(C(=O)O)c1O. The molecule has 0 aliphatic heterocycles. The third-order valence-corrected chi connectivity index (χ3v) is 3.96. The van der Waals surface area contributed by atoms with E-state index in [0.717, 1.165) is 10.9 Å². The molecule has 3 aromatic rings. The number of aromatic amines is 2. The first-order valence-electron chi connectivity index (χ1n) is 7.34. The highest BCUT2D eigenvalue weighted by Crippen LogP contribution is 2.32. The Bertz CT molecular complexity index is 1000. The summed E-state index contributed by atoms with van der Waals surface area (Å²) in [5.74, 6) is -1.28. The average Bonchev–Trinajstić information content (AvgIpc) is 2.96. The smallest absolute Gasteiger partial charge is 0.345 e. The molecule has 7 heteroatoms. The molecule has 24 heavy (non-hydrogen) atoms. The van der Waals surface area contributed by atoms with Crippen molar-refractivity contribution in [1.29, 1.82) is 0 Å². The van der Waals surface area contributed by atoms with Gasteiger partial charge in [0, 0.05) is 22.5 Å². The molecule has 2 heterocycles. The first kappa shape index (κ1) is 15.7. The molecule has 0 radical (unpaired) electrons. The molecule has 0 fully saturated rings. The maximum absolute atomic E-state index is 12.0. The van der Waals surface area contributed by atoms with E-state index in [4.69, 9.17) is 9.84 Å². The van der Waals surface area contributed by atoms with E-state index in [1.807, 2.05) is 24.3 Å². The maximum atomic E-state index is 12.0.